The largest absolute Gasteiger partial charge is 0.493 e. The summed E-state index contributed by atoms with van der Waals surface area (Å²) in [6.45, 7) is 2.26. The van der Waals surface area contributed by atoms with Crippen LogP contribution in [-0.4, -0.2) is 62.1 Å². The number of rotatable bonds is 7. The van der Waals surface area contributed by atoms with Crippen LogP contribution in [0.1, 0.15) is 41.8 Å². The third-order valence-electron chi connectivity index (χ3n) is 5.39. The number of aliphatic hydroxyl groups is 1. The molecule has 25 heavy (non-hydrogen) atoms. The lowest BCUT2D eigenvalue weighted by Crippen LogP contribution is -2.46. The molecule has 0 spiro atoms. The smallest absolute Gasteiger partial charge is 0.160 e. The van der Waals surface area contributed by atoms with E-state index in [0.717, 1.165) is 37.9 Å². The zero-order valence-electron chi connectivity index (χ0n) is 17.9. The molecule has 3 atom stereocenters. The van der Waals surface area contributed by atoms with Crippen LogP contribution in [0.3, 0.4) is 0 Å². The Bertz CT molecular complexity index is 640. The highest BCUT2D eigenvalue weighted by molar-refractivity contribution is 5.42. The predicted octanol–water partition coefficient (Wildman–Crippen LogP) is 2.64. The second-order valence-corrected chi connectivity index (χ2v) is 7.04. The first-order valence-electron chi connectivity index (χ1n) is 10.8. The number of hydrogen-bond acceptors (Lipinski definition) is 5. The average molecular weight is 352 g/mol. The van der Waals surface area contributed by atoms with Gasteiger partial charge in [-0.2, -0.15) is 0 Å². The van der Waals surface area contributed by atoms with E-state index in [2.05, 4.69) is 4.90 Å². The summed E-state index contributed by atoms with van der Waals surface area (Å²) in [5, 5.41) is 9.85. The fourth-order valence-corrected chi connectivity index (χ4v) is 4.04. The molecule has 1 aromatic carbocycles. The molecule has 1 aromatic rings. The summed E-state index contributed by atoms with van der Waals surface area (Å²) in [5.74, 6) is 0.627. The van der Waals surface area contributed by atoms with Crippen molar-refractivity contribution in [2.24, 2.45) is 0 Å². The zero-order chi connectivity index (χ0) is 20.1. The van der Waals surface area contributed by atoms with E-state index in [-0.39, 0.29) is 18.0 Å². The standard InChI is InChI=1S/C20H31NO4/c1-23-19-8-7-15(13-20(19)24-2)10-12-25-18-6-4-3-5-17(18)21-11-9-16(22)14-21/h7-8,13,16-18,22H,3-6,9-12,14H2,1-2H3/t16?,17-,18-/m1/s1/i2D3. The quantitative estimate of drug-likeness (QED) is 0.818. The Kier molecular flexibility index (Phi) is 5.26. The fraction of sp³-hybridized carbons (Fsp3) is 0.700. The van der Waals surface area contributed by atoms with Gasteiger partial charge in [0.25, 0.3) is 0 Å². The van der Waals surface area contributed by atoms with Crippen molar-refractivity contribution in [2.45, 2.75) is 56.8 Å². The molecular weight excluding hydrogens is 318 g/mol. The molecule has 0 bridgehead atoms. The van der Waals surface area contributed by atoms with Crippen molar-refractivity contribution in [1.82, 2.24) is 4.90 Å². The second-order valence-electron chi connectivity index (χ2n) is 7.04. The second kappa shape index (κ2) is 8.88. The average Bonchev–Trinajstić information content (AvgIpc) is 3.07. The van der Waals surface area contributed by atoms with Gasteiger partial charge in [0.1, 0.15) is 0 Å². The molecule has 140 valence electrons. The van der Waals surface area contributed by atoms with Crippen LogP contribution in [0.2, 0.25) is 0 Å². The molecule has 0 radical (unpaired) electrons. The lowest BCUT2D eigenvalue weighted by Gasteiger charge is -2.37. The summed E-state index contributed by atoms with van der Waals surface area (Å²) in [6.07, 6.45) is 6.06. The van der Waals surface area contributed by atoms with Gasteiger partial charge in [0.05, 0.1) is 37.1 Å². The van der Waals surface area contributed by atoms with Gasteiger partial charge in [-0.1, -0.05) is 18.9 Å². The van der Waals surface area contributed by atoms with E-state index in [1.807, 2.05) is 6.07 Å². The van der Waals surface area contributed by atoms with Crippen LogP contribution in [0.5, 0.6) is 11.5 Å². The minimum Gasteiger partial charge on any atom is -0.493 e. The van der Waals surface area contributed by atoms with E-state index in [9.17, 15) is 5.11 Å². The Labute approximate surface area is 155 Å². The maximum Gasteiger partial charge on any atom is 0.160 e. The molecule has 2 aliphatic rings. The third-order valence-corrected chi connectivity index (χ3v) is 5.39. The van der Waals surface area contributed by atoms with Crippen molar-refractivity contribution in [3.8, 4) is 11.5 Å². The van der Waals surface area contributed by atoms with Crippen molar-refractivity contribution >= 4 is 0 Å². The normalized spacial score (nSPS) is 29.7. The molecule has 1 heterocycles. The molecule has 1 N–H and O–H groups in total. The summed E-state index contributed by atoms with van der Waals surface area (Å²) in [6, 6.07) is 5.73. The number of ether oxygens (including phenoxy) is 3. The van der Waals surface area contributed by atoms with Crippen LogP contribution in [0.15, 0.2) is 18.2 Å². The van der Waals surface area contributed by atoms with E-state index >= 15 is 0 Å². The van der Waals surface area contributed by atoms with Gasteiger partial charge in [0.15, 0.2) is 11.5 Å². The SMILES string of the molecule is [2H]C([2H])([2H])Oc1cc(CCO[C@@H]2CCCC[C@H]2N2CCC(O)C2)ccc1OC. The molecule has 1 unspecified atom stereocenters. The highest BCUT2D eigenvalue weighted by atomic mass is 16.5. The van der Waals surface area contributed by atoms with Crippen molar-refractivity contribution < 1.29 is 23.4 Å². The Hall–Kier alpha value is -1.30. The summed E-state index contributed by atoms with van der Waals surface area (Å²) < 4.78 is 38.4. The monoisotopic (exact) mass is 352 g/mol. The first-order valence-corrected chi connectivity index (χ1v) is 9.25. The van der Waals surface area contributed by atoms with Crippen molar-refractivity contribution in [3.05, 3.63) is 23.8 Å². The summed E-state index contributed by atoms with van der Waals surface area (Å²) >= 11 is 0. The summed E-state index contributed by atoms with van der Waals surface area (Å²) in [4.78, 5) is 2.38. The molecule has 1 aliphatic carbocycles. The van der Waals surface area contributed by atoms with Gasteiger partial charge < -0.3 is 19.3 Å². The van der Waals surface area contributed by atoms with Gasteiger partial charge in [0, 0.05) is 19.1 Å². The van der Waals surface area contributed by atoms with E-state index in [1.165, 1.54) is 20.0 Å². The van der Waals surface area contributed by atoms with Crippen LogP contribution in [0, 0.1) is 0 Å². The molecule has 1 aliphatic heterocycles. The van der Waals surface area contributed by atoms with E-state index in [1.54, 1.807) is 12.1 Å². The van der Waals surface area contributed by atoms with Crippen LogP contribution in [0.25, 0.3) is 0 Å². The highest BCUT2D eigenvalue weighted by Gasteiger charge is 2.34. The van der Waals surface area contributed by atoms with E-state index < -0.39 is 7.04 Å². The van der Waals surface area contributed by atoms with Crippen LogP contribution in [0.4, 0.5) is 0 Å². The van der Waals surface area contributed by atoms with E-state index in [0.29, 0.717) is 24.8 Å². The zero-order valence-corrected chi connectivity index (χ0v) is 14.9. The number of hydrogen-bond donors (Lipinski definition) is 1. The molecule has 3 rings (SSSR count). The molecule has 0 aromatic heterocycles. The maximum absolute atomic E-state index is 9.85. The molecule has 1 saturated heterocycles. The van der Waals surface area contributed by atoms with Gasteiger partial charge in [-0.05, 0) is 43.4 Å². The minimum atomic E-state index is -2.52. The molecular formula is C20H31NO4. The number of β-amino-alcohol motifs (C(OH)–C–C–N with tert-alkyl or cyclic N) is 1. The van der Waals surface area contributed by atoms with Gasteiger partial charge >= 0.3 is 0 Å². The van der Waals surface area contributed by atoms with Crippen LogP contribution in [-0.2, 0) is 11.2 Å². The van der Waals surface area contributed by atoms with E-state index in [4.69, 9.17) is 18.3 Å². The topological polar surface area (TPSA) is 51.2 Å². The molecule has 0 amide bonds. The minimum absolute atomic E-state index is 0.190. The first-order chi connectivity index (χ1) is 13.4. The predicted molar refractivity (Wildman–Crippen MR) is 97.4 cm³/mol. The molecule has 5 heteroatoms. The Morgan fingerprint density at radius 3 is 2.84 bits per heavy atom. The number of nitrogens with zero attached hydrogens (tertiary/aromatic N) is 1. The van der Waals surface area contributed by atoms with Crippen molar-refractivity contribution in [1.29, 1.82) is 0 Å². The molecule has 2 fully saturated rings. The molecule has 1 saturated carbocycles. The Morgan fingerprint density at radius 1 is 1.20 bits per heavy atom. The van der Waals surface area contributed by atoms with Crippen molar-refractivity contribution in [3.63, 3.8) is 0 Å². The number of benzene rings is 1. The maximum atomic E-state index is 9.85. The number of likely N-dealkylation sites (tertiary alicyclic amines) is 1. The van der Waals surface area contributed by atoms with Gasteiger partial charge in [-0.15, -0.1) is 0 Å². The highest BCUT2D eigenvalue weighted by Crippen LogP contribution is 2.30. The first kappa shape index (κ1) is 14.8. The van der Waals surface area contributed by atoms with Gasteiger partial charge in [0.2, 0.25) is 0 Å². The number of aliphatic hydroxyl groups excluding tert-OH is 1. The van der Waals surface area contributed by atoms with Crippen LogP contribution >= 0.6 is 0 Å². The lowest BCUT2D eigenvalue weighted by molar-refractivity contribution is -0.0316. The van der Waals surface area contributed by atoms with Crippen LogP contribution < -0.4 is 9.47 Å². The van der Waals surface area contributed by atoms with Gasteiger partial charge in [-0.3, -0.25) is 4.90 Å². The number of methoxy groups -OCH3 is 2. The summed E-state index contributed by atoms with van der Waals surface area (Å²) in [7, 11) is -1.03. The lowest BCUT2D eigenvalue weighted by atomic mass is 9.91. The molecule has 5 nitrogen and oxygen atoms in total. The fourth-order valence-electron chi connectivity index (χ4n) is 4.04. The Morgan fingerprint density at radius 2 is 2.08 bits per heavy atom. The van der Waals surface area contributed by atoms with Gasteiger partial charge in [-0.25, -0.2) is 0 Å². The third kappa shape index (κ3) is 4.66. The Balaban J connectivity index is 1.56. The van der Waals surface area contributed by atoms with Crippen molar-refractivity contribution in [2.75, 3.05) is 33.8 Å². The summed E-state index contributed by atoms with van der Waals surface area (Å²) in [5.41, 5.74) is 0.948.